The van der Waals surface area contributed by atoms with Crippen molar-refractivity contribution in [3.63, 3.8) is 0 Å². The number of benzene rings is 2. The van der Waals surface area contributed by atoms with Crippen molar-refractivity contribution in [2.75, 3.05) is 7.11 Å². The predicted molar refractivity (Wildman–Crippen MR) is 85.5 cm³/mol. The highest BCUT2D eigenvalue weighted by molar-refractivity contribution is 6.50. The molecule has 0 fully saturated rings. The minimum atomic E-state index is -0.370. The van der Waals surface area contributed by atoms with Gasteiger partial charge in [-0.3, -0.25) is 0 Å². The number of hydrogen-bond donors (Lipinski definition) is 1. The summed E-state index contributed by atoms with van der Waals surface area (Å²) in [6.45, 7) is 0.209. The minimum Gasteiger partial charge on any atom is -0.505 e. The molecule has 0 radical (unpaired) electrons. The molecule has 0 saturated heterocycles. The molecule has 2 aromatic carbocycles. The lowest BCUT2D eigenvalue weighted by atomic mass is 10.2. The van der Waals surface area contributed by atoms with Crippen LogP contribution in [-0.4, -0.2) is 12.2 Å². The molecule has 112 valence electrons. The number of ether oxygens (including phenoxy) is 2. The van der Waals surface area contributed by atoms with Gasteiger partial charge in [-0.1, -0.05) is 58.5 Å². The summed E-state index contributed by atoms with van der Waals surface area (Å²) in [5, 5.41) is 9.45. The maximum absolute atomic E-state index is 9.63. The second-order valence-electron chi connectivity index (χ2n) is 4.07. The van der Waals surface area contributed by atoms with Gasteiger partial charge in [0.1, 0.15) is 32.4 Å². The van der Waals surface area contributed by atoms with Gasteiger partial charge in [-0.05, 0) is 17.7 Å². The first-order chi connectivity index (χ1) is 9.95. The molecule has 7 heteroatoms. The van der Waals surface area contributed by atoms with E-state index in [0.29, 0.717) is 0 Å². The second kappa shape index (κ2) is 6.84. The highest BCUT2D eigenvalue weighted by Crippen LogP contribution is 2.49. The van der Waals surface area contributed by atoms with Crippen LogP contribution in [0.25, 0.3) is 0 Å². The van der Waals surface area contributed by atoms with E-state index in [1.54, 1.807) is 19.2 Å². The first-order valence-electron chi connectivity index (χ1n) is 5.76. The first-order valence-corrected chi connectivity index (χ1v) is 7.27. The summed E-state index contributed by atoms with van der Waals surface area (Å²) in [7, 11) is 1.59. The average Bonchev–Trinajstić information content (AvgIpc) is 2.51. The van der Waals surface area contributed by atoms with Crippen molar-refractivity contribution in [2.45, 2.75) is 6.61 Å². The van der Waals surface area contributed by atoms with E-state index >= 15 is 0 Å². The standard InChI is InChI=1S/C14H10Cl4O3/c1-20-8-4-2-7(3-5-8)6-21-14-11(17)9(15)13(19)10(16)12(14)18/h2-5,19H,6H2,1H3. The third-order valence-corrected chi connectivity index (χ3v) is 4.39. The van der Waals surface area contributed by atoms with Crippen LogP contribution >= 0.6 is 46.4 Å². The third-order valence-electron chi connectivity index (χ3n) is 2.74. The molecule has 3 nitrogen and oxygen atoms in total. The zero-order valence-corrected chi connectivity index (χ0v) is 13.8. The van der Waals surface area contributed by atoms with Crippen molar-refractivity contribution in [3.05, 3.63) is 49.9 Å². The summed E-state index contributed by atoms with van der Waals surface area (Å²) in [6.07, 6.45) is 0. The molecule has 0 aliphatic carbocycles. The second-order valence-corrected chi connectivity index (χ2v) is 5.58. The van der Waals surface area contributed by atoms with Crippen molar-refractivity contribution in [2.24, 2.45) is 0 Å². The molecule has 0 aliphatic rings. The van der Waals surface area contributed by atoms with Gasteiger partial charge in [-0.25, -0.2) is 0 Å². The molecule has 0 spiro atoms. The van der Waals surface area contributed by atoms with Gasteiger partial charge in [-0.2, -0.15) is 0 Å². The van der Waals surface area contributed by atoms with Gasteiger partial charge in [0, 0.05) is 0 Å². The SMILES string of the molecule is COc1ccc(COc2c(Cl)c(Cl)c(O)c(Cl)c2Cl)cc1. The van der Waals surface area contributed by atoms with Gasteiger partial charge in [0.25, 0.3) is 0 Å². The topological polar surface area (TPSA) is 38.7 Å². The van der Waals surface area contributed by atoms with Crippen molar-refractivity contribution in [1.29, 1.82) is 0 Å². The molecule has 1 N–H and O–H groups in total. The maximum Gasteiger partial charge on any atom is 0.160 e. The largest absolute Gasteiger partial charge is 0.505 e. The Bertz CT molecular complexity index is 627. The summed E-state index contributed by atoms with van der Waals surface area (Å²) in [4.78, 5) is 0. The van der Waals surface area contributed by atoms with Crippen LogP contribution in [0.4, 0.5) is 0 Å². The molecule has 21 heavy (non-hydrogen) atoms. The van der Waals surface area contributed by atoms with Gasteiger partial charge in [0.2, 0.25) is 0 Å². The lowest BCUT2D eigenvalue weighted by molar-refractivity contribution is 0.306. The summed E-state index contributed by atoms with van der Waals surface area (Å²) >= 11 is 23.7. The zero-order chi connectivity index (χ0) is 15.6. The first kappa shape index (κ1) is 16.4. The Labute approximate surface area is 141 Å². The molecule has 0 unspecified atom stereocenters. The smallest absolute Gasteiger partial charge is 0.160 e. The molecule has 0 bridgehead atoms. The molecule has 0 aromatic heterocycles. The highest BCUT2D eigenvalue weighted by Gasteiger charge is 2.21. The Morgan fingerprint density at radius 1 is 0.905 bits per heavy atom. The molecule has 2 rings (SSSR count). The quantitative estimate of drug-likeness (QED) is 0.715. The van der Waals surface area contributed by atoms with Crippen molar-refractivity contribution in [1.82, 2.24) is 0 Å². The lowest BCUT2D eigenvalue weighted by Crippen LogP contribution is -1.97. The van der Waals surface area contributed by atoms with Crippen LogP contribution < -0.4 is 9.47 Å². The monoisotopic (exact) mass is 366 g/mol. The van der Waals surface area contributed by atoms with Gasteiger partial charge in [0.05, 0.1) is 7.11 Å². The molecule has 0 heterocycles. The maximum atomic E-state index is 9.63. The van der Waals surface area contributed by atoms with E-state index in [9.17, 15) is 5.11 Å². The van der Waals surface area contributed by atoms with Crippen molar-refractivity contribution < 1.29 is 14.6 Å². The molecule has 0 atom stereocenters. The van der Waals surface area contributed by atoms with E-state index in [0.717, 1.165) is 11.3 Å². The fourth-order valence-corrected chi connectivity index (χ4v) is 2.54. The Kier molecular flexibility index (Phi) is 5.33. The summed E-state index contributed by atoms with van der Waals surface area (Å²) in [5.41, 5.74) is 0.878. The molecule has 0 aliphatic heterocycles. The lowest BCUT2D eigenvalue weighted by Gasteiger charge is -2.13. The number of hydrogen-bond acceptors (Lipinski definition) is 3. The minimum absolute atomic E-state index is 0.0112. The number of methoxy groups -OCH3 is 1. The summed E-state index contributed by atoms with van der Waals surface area (Å²) in [5.74, 6) is 0.498. The van der Waals surface area contributed by atoms with E-state index < -0.39 is 0 Å². The number of phenolic OH excluding ortho intramolecular Hbond substituents is 1. The van der Waals surface area contributed by atoms with E-state index in [-0.39, 0.29) is 38.2 Å². The molecule has 0 saturated carbocycles. The van der Waals surface area contributed by atoms with E-state index in [4.69, 9.17) is 55.9 Å². The van der Waals surface area contributed by atoms with E-state index in [1.807, 2.05) is 12.1 Å². The van der Waals surface area contributed by atoms with Crippen LogP contribution in [0.15, 0.2) is 24.3 Å². The van der Waals surface area contributed by atoms with Crippen LogP contribution in [-0.2, 0) is 6.61 Å². The molecular weight excluding hydrogens is 358 g/mol. The number of halogens is 4. The van der Waals surface area contributed by atoms with Crippen LogP contribution in [0.5, 0.6) is 17.2 Å². The Morgan fingerprint density at radius 2 is 1.43 bits per heavy atom. The van der Waals surface area contributed by atoms with Gasteiger partial charge >= 0.3 is 0 Å². The van der Waals surface area contributed by atoms with Crippen LogP contribution in [0.2, 0.25) is 20.1 Å². The molecule has 0 amide bonds. The van der Waals surface area contributed by atoms with Gasteiger partial charge in [0.15, 0.2) is 11.5 Å². The van der Waals surface area contributed by atoms with Crippen molar-refractivity contribution >= 4 is 46.4 Å². The Hall–Kier alpha value is -1.000. The summed E-state index contributed by atoms with van der Waals surface area (Å²) < 4.78 is 10.6. The average molecular weight is 368 g/mol. The number of aromatic hydroxyl groups is 1. The van der Waals surface area contributed by atoms with Crippen molar-refractivity contribution in [3.8, 4) is 17.2 Å². The number of rotatable bonds is 4. The van der Waals surface area contributed by atoms with Gasteiger partial charge in [-0.15, -0.1) is 0 Å². The van der Waals surface area contributed by atoms with Gasteiger partial charge < -0.3 is 14.6 Å². The predicted octanol–water partition coefficient (Wildman–Crippen LogP) is 5.59. The number of phenols is 1. The molecule has 2 aromatic rings. The Morgan fingerprint density at radius 3 is 1.90 bits per heavy atom. The van der Waals surface area contributed by atoms with Crippen LogP contribution in [0, 0.1) is 0 Å². The fraction of sp³-hybridized carbons (Fsp3) is 0.143. The van der Waals surface area contributed by atoms with E-state index in [2.05, 4.69) is 0 Å². The van der Waals surface area contributed by atoms with Crippen LogP contribution in [0.1, 0.15) is 5.56 Å². The zero-order valence-electron chi connectivity index (χ0n) is 10.8. The Balaban J connectivity index is 2.23. The highest BCUT2D eigenvalue weighted by atomic mass is 35.5. The normalized spacial score (nSPS) is 10.5. The fourth-order valence-electron chi connectivity index (χ4n) is 1.60. The summed E-state index contributed by atoms with van der Waals surface area (Å²) in [6, 6.07) is 7.28. The van der Waals surface area contributed by atoms with E-state index in [1.165, 1.54) is 0 Å². The molecular formula is C14H10Cl4O3. The third kappa shape index (κ3) is 3.43. The van der Waals surface area contributed by atoms with Crippen LogP contribution in [0.3, 0.4) is 0 Å².